The molecule has 0 aliphatic rings. The van der Waals surface area contributed by atoms with Gasteiger partial charge in [-0.2, -0.15) is 0 Å². The van der Waals surface area contributed by atoms with Crippen LogP contribution in [-0.2, 0) is 4.74 Å². The van der Waals surface area contributed by atoms with Crippen molar-refractivity contribution in [2.75, 3.05) is 0 Å². The molecule has 2 aromatic rings. The van der Waals surface area contributed by atoms with Gasteiger partial charge in [-0.05, 0) is 26.3 Å². The number of benzene rings is 1. The topological polar surface area (TPSA) is 77.2 Å². The Bertz CT molecular complexity index is 547. The second kappa shape index (κ2) is 5.73. The lowest BCUT2D eigenvalue weighted by atomic mass is 10.1. The SMILES string of the molecule is CC(C)(C)OC(=O)N[C@@H](c1ccccc1)c1nnco1. The lowest BCUT2D eigenvalue weighted by molar-refractivity contribution is 0.0506. The number of carbonyl (C=O) groups is 1. The van der Waals surface area contributed by atoms with Gasteiger partial charge in [0.2, 0.25) is 12.3 Å². The summed E-state index contributed by atoms with van der Waals surface area (Å²) in [6, 6.07) is 8.83. The Kier molecular flexibility index (Phi) is 4.02. The number of nitrogens with zero attached hydrogens (tertiary/aromatic N) is 2. The van der Waals surface area contributed by atoms with Crippen molar-refractivity contribution in [3.63, 3.8) is 0 Å². The van der Waals surface area contributed by atoms with Crippen LogP contribution in [0, 0.1) is 0 Å². The Morgan fingerprint density at radius 3 is 2.55 bits per heavy atom. The Balaban J connectivity index is 2.19. The number of hydrogen-bond donors (Lipinski definition) is 1. The summed E-state index contributed by atoms with van der Waals surface area (Å²) in [6.45, 7) is 5.41. The third kappa shape index (κ3) is 3.81. The highest BCUT2D eigenvalue weighted by atomic mass is 16.6. The highest BCUT2D eigenvalue weighted by molar-refractivity contribution is 5.68. The third-order valence-corrected chi connectivity index (χ3v) is 2.42. The molecule has 0 saturated heterocycles. The molecule has 0 fully saturated rings. The average molecular weight is 275 g/mol. The van der Waals surface area contributed by atoms with E-state index >= 15 is 0 Å². The summed E-state index contributed by atoms with van der Waals surface area (Å²) in [5.74, 6) is 0.307. The van der Waals surface area contributed by atoms with E-state index in [0.29, 0.717) is 5.89 Å². The molecule has 1 atom stereocenters. The summed E-state index contributed by atoms with van der Waals surface area (Å²) in [7, 11) is 0. The zero-order chi connectivity index (χ0) is 14.6. The maximum absolute atomic E-state index is 11.9. The molecular weight excluding hydrogens is 258 g/mol. The second-order valence-electron chi connectivity index (χ2n) is 5.27. The van der Waals surface area contributed by atoms with Gasteiger partial charge in [0.1, 0.15) is 11.6 Å². The number of alkyl carbamates (subject to hydrolysis) is 1. The molecule has 0 radical (unpaired) electrons. The minimum atomic E-state index is -0.569. The second-order valence-corrected chi connectivity index (χ2v) is 5.27. The van der Waals surface area contributed by atoms with Gasteiger partial charge in [0, 0.05) is 0 Å². The first kappa shape index (κ1) is 14.0. The standard InChI is InChI=1S/C14H17N3O3/c1-14(2,3)20-13(18)16-11(12-17-15-9-19-12)10-7-5-4-6-8-10/h4-9,11H,1-3H3,(H,16,18)/t11-/m0/s1. The fourth-order valence-corrected chi connectivity index (χ4v) is 1.67. The number of nitrogens with one attached hydrogen (secondary N) is 1. The van der Waals surface area contributed by atoms with Gasteiger partial charge in [0.15, 0.2) is 0 Å². The molecule has 0 unspecified atom stereocenters. The summed E-state index contributed by atoms with van der Waals surface area (Å²) in [6.07, 6.45) is 0.687. The smallest absolute Gasteiger partial charge is 0.408 e. The van der Waals surface area contributed by atoms with Crippen LogP contribution in [0.4, 0.5) is 4.79 Å². The first-order chi connectivity index (χ1) is 9.46. The first-order valence-corrected chi connectivity index (χ1v) is 6.26. The number of carbonyl (C=O) groups excluding carboxylic acids is 1. The van der Waals surface area contributed by atoms with E-state index in [2.05, 4.69) is 15.5 Å². The molecule has 0 bridgehead atoms. The van der Waals surface area contributed by atoms with Crippen LogP contribution in [-0.4, -0.2) is 21.9 Å². The zero-order valence-corrected chi connectivity index (χ0v) is 11.7. The maximum atomic E-state index is 11.9. The normalized spacial score (nSPS) is 12.8. The fraction of sp³-hybridized carbons (Fsp3) is 0.357. The highest BCUT2D eigenvalue weighted by Crippen LogP contribution is 2.20. The number of aromatic nitrogens is 2. The molecule has 1 heterocycles. The summed E-state index contributed by atoms with van der Waals surface area (Å²) < 4.78 is 10.4. The van der Waals surface area contributed by atoms with Crippen molar-refractivity contribution in [2.24, 2.45) is 0 Å². The lowest BCUT2D eigenvalue weighted by Crippen LogP contribution is -2.35. The van der Waals surface area contributed by atoms with Gasteiger partial charge >= 0.3 is 6.09 Å². The molecule has 0 aliphatic carbocycles. The van der Waals surface area contributed by atoms with Gasteiger partial charge in [-0.25, -0.2) is 4.79 Å². The highest BCUT2D eigenvalue weighted by Gasteiger charge is 2.24. The van der Waals surface area contributed by atoms with E-state index in [1.165, 1.54) is 6.39 Å². The molecular formula is C14H17N3O3. The van der Waals surface area contributed by atoms with Gasteiger partial charge in [0.05, 0.1) is 0 Å². The van der Waals surface area contributed by atoms with Gasteiger partial charge in [-0.3, -0.25) is 0 Å². The molecule has 2 rings (SSSR count). The largest absolute Gasteiger partial charge is 0.444 e. The van der Waals surface area contributed by atoms with Crippen LogP contribution in [0.3, 0.4) is 0 Å². The molecule has 0 saturated carbocycles. The van der Waals surface area contributed by atoms with E-state index in [1.807, 2.05) is 30.3 Å². The summed E-state index contributed by atoms with van der Waals surface area (Å²) in [5, 5.41) is 10.2. The molecule has 0 aliphatic heterocycles. The van der Waals surface area contributed by atoms with Crippen molar-refractivity contribution >= 4 is 6.09 Å². The molecule has 106 valence electrons. The van der Waals surface area contributed by atoms with E-state index in [0.717, 1.165) is 5.56 Å². The Hall–Kier alpha value is -2.37. The number of ether oxygens (including phenoxy) is 1. The van der Waals surface area contributed by atoms with Crippen molar-refractivity contribution in [1.82, 2.24) is 15.5 Å². The van der Waals surface area contributed by atoms with Crippen LogP contribution in [0.25, 0.3) is 0 Å². The van der Waals surface area contributed by atoms with Gasteiger partial charge in [-0.15, -0.1) is 10.2 Å². The van der Waals surface area contributed by atoms with Crippen LogP contribution in [0.1, 0.15) is 38.3 Å². The Morgan fingerprint density at radius 2 is 2.00 bits per heavy atom. The van der Waals surface area contributed by atoms with E-state index in [4.69, 9.17) is 9.15 Å². The van der Waals surface area contributed by atoms with E-state index < -0.39 is 17.7 Å². The van der Waals surface area contributed by atoms with Crippen molar-refractivity contribution in [3.8, 4) is 0 Å². The average Bonchev–Trinajstić information content (AvgIpc) is 2.88. The molecule has 6 nitrogen and oxygen atoms in total. The first-order valence-electron chi connectivity index (χ1n) is 6.26. The predicted molar refractivity (Wildman–Crippen MR) is 72.0 cm³/mol. The monoisotopic (exact) mass is 275 g/mol. The third-order valence-electron chi connectivity index (χ3n) is 2.42. The van der Waals surface area contributed by atoms with Gasteiger partial charge in [0.25, 0.3) is 0 Å². The van der Waals surface area contributed by atoms with Crippen molar-refractivity contribution in [3.05, 3.63) is 48.2 Å². The molecule has 1 N–H and O–H groups in total. The fourth-order valence-electron chi connectivity index (χ4n) is 1.67. The van der Waals surface area contributed by atoms with Crippen LogP contribution in [0.5, 0.6) is 0 Å². The van der Waals surface area contributed by atoms with Gasteiger partial charge in [-0.1, -0.05) is 30.3 Å². The van der Waals surface area contributed by atoms with E-state index in [9.17, 15) is 4.79 Å². The van der Waals surface area contributed by atoms with Crippen LogP contribution in [0.15, 0.2) is 41.1 Å². The lowest BCUT2D eigenvalue weighted by Gasteiger charge is -2.22. The van der Waals surface area contributed by atoms with Crippen molar-refractivity contribution in [2.45, 2.75) is 32.4 Å². The maximum Gasteiger partial charge on any atom is 0.408 e. The summed E-state index contributed by atoms with van der Waals surface area (Å²) in [5.41, 5.74) is 0.266. The Labute approximate surface area is 117 Å². The Morgan fingerprint density at radius 1 is 1.30 bits per heavy atom. The van der Waals surface area contributed by atoms with Crippen LogP contribution >= 0.6 is 0 Å². The summed E-state index contributed by atoms with van der Waals surface area (Å²) >= 11 is 0. The van der Waals surface area contributed by atoms with Crippen molar-refractivity contribution < 1.29 is 13.9 Å². The molecule has 1 aromatic heterocycles. The minimum Gasteiger partial charge on any atom is -0.444 e. The molecule has 1 amide bonds. The quantitative estimate of drug-likeness (QED) is 0.931. The van der Waals surface area contributed by atoms with Crippen LogP contribution in [0.2, 0.25) is 0 Å². The molecule has 6 heteroatoms. The van der Waals surface area contributed by atoms with Crippen LogP contribution < -0.4 is 5.32 Å². The van der Waals surface area contributed by atoms with Gasteiger partial charge < -0.3 is 14.5 Å². The number of rotatable bonds is 3. The number of amides is 1. The minimum absolute atomic E-state index is 0.307. The zero-order valence-electron chi connectivity index (χ0n) is 11.7. The number of hydrogen-bond acceptors (Lipinski definition) is 5. The van der Waals surface area contributed by atoms with E-state index in [-0.39, 0.29) is 0 Å². The van der Waals surface area contributed by atoms with Crippen molar-refractivity contribution in [1.29, 1.82) is 0 Å². The summed E-state index contributed by atoms with van der Waals surface area (Å²) in [4.78, 5) is 11.9. The van der Waals surface area contributed by atoms with E-state index in [1.54, 1.807) is 20.8 Å². The molecule has 0 spiro atoms. The predicted octanol–water partition coefficient (Wildman–Crippen LogP) is 2.68. The molecule has 20 heavy (non-hydrogen) atoms. The molecule has 1 aromatic carbocycles.